The molecule has 0 amide bonds. The molecule has 0 aliphatic carbocycles. The summed E-state index contributed by atoms with van der Waals surface area (Å²) in [6.45, 7) is 0.00904. The summed E-state index contributed by atoms with van der Waals surface area (Å²) in [5.41, 5.74) is 0.305. The molecule has 1 heterocycles. The molecule has 0 N–H and O–H groups in total. The molecule has 0 aliphatic heterocycles. The predicted molar refractivity (Wildman–Crippen MR) is 84.6 cm³/mol. The van der Waals surface area contributed by atoms with Gasteiger partial charge in [0.2, 0.25) is 0 Å². The number of fused-ring (bicyclic) bond motifs is 1. The van der Waals surface area contributed by atoms with Gasteiger partial charge in [-0.3, -0.25) is 0 Å². The zero-order valence-electron chi connectivity index (χ0n) is 12.4. The Morgan fingerprint density at radius 2 is 1.83 bits per heavy atom. The molecule has 0 unspecified atom stereocenters. The van der Waals surface area contributed by atoms with Gasteiger partial charge >= 0.3 is 11.6 Å². The average molecular weight is 310 g/mol. The lowest BCUT2D eigenvalue weighted by Gasteiger charge is -2.08. The third kappa shape index (κ3) is 3.08. The van der Waals surface area contributed by atoms with Gasteiger partial charge in [0, 0.05) is 10.9 Å². The van der Waals surface area contributed by atoms with E-state index < -0.39 is 11.6 Å². The summed E-state index contributed by atoms with van der Waals surface area (Å²) in [7, 11) is 1.54. The second-order valence-corrected chi connectivity index (χ2v) is 4.87. The Balaban J connectivity index is 1.83. The van der Waals surface area contributed by atoms with Gasteiger partial charge in [-0.05, 0) is 18.2 Å². The molecule has 0 saturated carbocycles. The van der Waals surface area contributed by atoms with E-state index in [1.165, 1.54) is 6.07 Å². The molecule has 3 aromatic rings. The summed E-state index contributed by atoms with van der Waals surface area (Å²) >= 11 is 0. The summed E-state index contributed by atoms with van der Waals surface area (Å²) < 4.78 is 15.5. The summed E-state index contributed by atoms with van der Waals surface area (Å²) in [5, 5.41) is 0.663. The van der Waals surface area contributed by atoms with Gasteiger partial charge in [-0.25, -0.2) is 9.59 Å². The van der Waals surface area contributed by atoms with Crippen LogP contribution in [0.15, 0.2) is 63.8 Å². The molecule has 0 saturated heterocycles. The predicted octanol–water partition coefficient (Wildman–Crippen LogP) is 3.16. The molecule has 0 bridgehead atoms. The Morgan fingerprint density at radius 1 is 1.09 bits per heavy atom. The van der Waals surface area contributed by atoms with Crippen LogP contribution in [0.1, 0.15) is 15.9 Å². The zero-order chi connectivity index (χ0) is 16.2. The highest BCUT2D eigenvalue weighted by Gasteiger charge is 2.16. The Hall–Kier alpha value is -3.08. The molecule has 23 heavy (non-hydrogen) atoms. The molecule has 0 aliphatic rings. The maximum absolute atomic E-state index is 12.2. The van der Waals surface area contributed by atoms with Crippen LogP contribution in [0.5, 0.6) is 5.75 Å². The quantitative estimate of drug-likeness (QED) is 0.547. The smallest absolute Gasteiger partial charge is 0.351 e. The van der Waals surface area contributed by atoms with Crippen molar-refractivity contribution in [1.82, 2.24) is 0 Å². The molecule has 2 aromatic carbocycles. The number of hydrogen-bond donors (Lipinski definition) is 0. The van der Waals surface area contributed by atoms with Crippen LogP contribution in [0, 0.1) is 0 Å². The largest absolute Gasteiger partial charge is 0.496 e. The highest BCUT2D eigenvalue weighted by molar-refractivity contribution is 5.92. The van der Waals surface area contributed by atoms with Gasteiger partial charge in [-0.2, -0.15) is 0 Å². The fourth-order valence-electron chi connectivity index (χ4n) is 2.25. The van der Waals surface area contributed by atoms with Crippen molar-refractivity contribution < 1.29 is 18.7 Å². The lowest BCUT2D eigenvalue weighted by molar-refractivity contribution is 0.0465. The van der Waals surface area contributed by atoms with Gasteiger partial charge in [0.1, 0.15) is 23.5 Å². The second kappa shape index (κ2) is 6.36. The van der Waals surface area contributed by atoms with Crippen molar-refractivity contribution in [2.45, 2.75) is 6.61 Å². The summed E-state index contributed by atoms with van der Waals surface area (Å²) in [6, 6.07) is 15.7. The fourth-order valence-corrected chi connectivity index (χ4v) is 2.25. The van der Waals surface area contributed by atoms with Crippen molar-refractivity contribution in [3.8, 4) is 5.75 Å². The molecule has 0 fully saturated rings. The first-order valence-electron chi connectivity index (χ1n) is 7.01. The van der Waals surface area contributed by atoms with E-state index >= 15 is 0 Å². The number of carbonyl (C=O) groups is 1. The molecular weight excluding hydrogens is 296 g/mol. The Labute approximate surface area is 132 Å². The number of rotatable bonds is 4. The fraction of sp³-hybridized carbons (Fsp3) is 0.111. The van der Waals surface area contributed by atoms with Crippen LogP contribution in [0.4, 0.5) is 0 Å². The van der Waals surface area contributed by atoms with Crippen LogP contribution in [-0.4, -0.2) is 13.1 Å². The summed E-state index contributed by atoms with van der Waals surface area (Å²) in [5.74, 6) is -0.110. The molecule has 5 heteroatoms. The van der Waals surface area contributed by atoms with Crippen LogP contribution < -0.4 is 10.4 Å². The standard InChI is InChI=1S/C18H14O5/c1-21-15-8-4-3-7-13(15)11-22-17(19)14-10-12-6-2-5-9-16(12)23-18(14)20/h2-10H,11H2,1H3. The van der Waals surface area contributed by atoms with Crippen molar-refractivity contribution in [2.24, 2.45) is 0 Å². The van der Waals surface area contributed by atoms with E-state index in [4.69, 9.17) is 13.9 Å². The number of hydrogen-bond acceptors (Lipinski definition) is 5. The Morgan fingerprint density at radius 3 is 2.65 bits per heavy atom. The van der Waals surface area contributed by atoms with Gasteiger partial charge in [-0.15, -0.1) is 0 Å². The van der Waals surface area contributed by atoms with E-state index in [0.29, 0.717) is 22.3 Å². The number of benzene rings is 2. The molecule has 1 aromatic heterocycles. The third-order valence-corrected chi connectivity index (χ3v) is 3.41. The molecule has 5 nitrogen and oxygen atoms in total. The minimum Gasteiger partial charge on any atom is -0.496 e. The lowest BCUT2D eigenvalue weighted by Crippen LogP contribution is -2.16. The Bertz CT molecular complexity index is 910. The lowest BCUT2D eigenvalue weighted by atomic mass is 10.2. The van der Waals surface area contributed by atoms with E-state index in [1.807, 2.05) is 12.1 Å². The van der Waals surface area contributed by atoms with Crippen LogP contribution in [0.25, 0.3) is 11.0 Å². The van der Waals surface area contributed by atoms with Gasteiger partial charge in [0.25, 0.3) is 0 Å². The van der Waals surface area contributed by atoms with Crippen molar-refractivity contribution in [3.63, 3.8) is 0 Å². The van der Waals surface area contributed by atoms with Crippen molar-refractivity contribution >= 4 is 16.9 Å². The van der Waals surface area contributed by atoms with E-state index in [1.54, 1.807) is 43.5 Å². The average Bonchev–Trinajstić information content (AvgIpc) is 2.59. The van der Waals surface area contributed by atoms with Gasteiger partial charge in [0.05, 0.1) is 7.11 Å². The first kappa shape index (κ1) is 14.8. The van der Waals surface area contributed by atoms with Gasteiger partial charge in [0.15, 0.2) is 0 Å². The summed E-state index contributed by atoms with van der Waals surface area (Å²) in [6.07, 6.45) is 0. The van der Waals surface area contributed by atoms with Crippen molar-refractivity contribution in [1.29, 1.82) is 0 Å². The maximum atomic E-state index is 12.2. The maximum Gasteiger partial charge on any atom is 0.351 e. The summed E-state index contributed by atoms with van der Waals surface area (Å²) in [4.78, 5) is 24.1. The topological polar surface area (TPSA) is 65.7 Å². The van der Waals surface area contributed by atoms with Crippen LogP contribution in [-0.2, 0) is 11.3 Å². The van der Waals surface area contributed by atoms with E-state index in [-0.39, 0.29) is 12.2 Å². The number of esters is 1. The molecular formula is C18H14O5. The molecule has 0 atom stereocenters. The molecule has 116 valence electrons. The molecule has 0 radical (unpaired) electrons. The van der Waals surface area contributed by atoms with Crippen LogP contribution in [0.3, 0.4) is 0 Å². The molecule has 0 spiro atoms. The van der Waals surface area contributed by atoms with Crippen molar-refractivity contribution in [3.05, 3.63) is 76.1 Å². The van der Waals surface area contributed by atoms with E-state index in [9.17, 15) is 9.59 Å². The first-order valence-corrected chi connectivity index (χ1v) is 7.01. The normalized spacial score (nSPS) is 10.5. The number of carbonyl (C=O) groups excluding carboxylic acids is 1. The van der Waals surface area contributed by atoms with Crippen LogP contribution >= 0.6 is 0 Å². The zero-order valence-corrected chi connectivity index (χ0v) is 12.4. The Kier molecular flexibility index (Phi) is 4.10. The first-order chi connectivity index (χ1) is 11.2. The highest BCUT2D eigenvalue weighted by atomic mass is 16.5. The number of para-hydroxylation sites is 2. The SMILES string of the molecule is COc1ccccc1COC(=O)c1cc2ccccc2oc1=O. The minimum absolute atomic E-state index is 0.00904. The van der Waals surface area contributed by atoms with Crippen LogP contribution in [0.2, 0.25) is 0 Å². The monoisotopic (exact) mass is 310 g/mol. The van der Waals surface area contributed by atoms with Gasteiger partial charge in [-0.1, -0.05) is 36.4 Å². The highest BCUT2D eigenvalue weighted by Crippen LogP contribution is 2.19. The minimum atomic E-state index is -0.726. The van der Waals surface area contributed by atoms with Gasteiger partial charge < -0.3 is 13.9 Å². The third-order valence-electron chi connectivity index (χ3n) is 3.41. The van der Waals surface area contributed by atoms with Crippen molar-refractivity contribution in [2.75, 3.05) is 7.11 Å². The van der Waals surface area contributed by atoms with E-state index in [2.05, 4.69) is 0 Å². The number of ether oxygens (including phenoxy) is 2. The number of methoxy groups -OCH3 is 1. The molecule has 3 rings (SSSR count). The van der Waals surface area contributed by atoms with E-state index in [0.717, 1.165) is 0 Å². The second-order valence-electron chi connectivity index (χ2n) is 4.87.